The zero-order valence-electron chi connectivity index (χ0n) is 14.3. The van der Waals surface area contributed by atoms with Gasteiger partial charge in [0, 0.05) is 18.5 Å². The number of aromatic nitrogens is 1. The Kier molecular flexibility index (Phi) is 6.67. The van der Waals surface area contributed by atoms with Gasteiger partial charge in [0.05, 0.1) is 10.6 Å². The number of hydrogen-bond acceptors (Lipinski definition) is 5. The van der Waals surface area contributed by atoms with E-state index in [-0.39, 0.29) is 24.7 Å². The molecule has 9 heteroatoms. The number of nitrogens with zero attached hydrogens (tertiary/aromatic N) is 1. The number of benzene rings is 1. The van der Waals surface area contributed by atoms with Crippen LogP contribution < -0.4 is 16.4 Å². The Labute approximate surface area is 155 Å². The van der Waals surface area contributed by atoms with E-state index < -0.39 is 5.97 Å². The molecule has 0 spiro atoms. The summed E-state index contributed by atoms with van der Waals surface area (Å²) in [5, 5.41) is 21.9. The number of aliphatic carboxylic acids is 1. The summed E-state index contributed by atoms with van der Waals surface area (Å²) in [5.74, 6) is -1.17. The molecule has 8 nitrogen and oxygen atoms in total. The molecule has 0 aliphatic heterocycles. The number of carboxylic acid groups (broad SMARTS) is 1. The smallest absolute Gasteiger partial charge is 0.303 e. The van der Waals surface area contributed by atoms with E-state index >= 15 is 0 Å². The van der Waals surface area contributed by atoms with Crippen molar-refractivity contribution in [2.45, 2.75) is 32.6 Å². The molecular weight excluding hydrogens is 354 g/mol. The first-order chi connectivity index (χ1) is 12.3. The number of unbranched alkanes of at least 4 members (excludes halogenated alkanes) is 1. The van der Waals surface area contributed by atoms with Gasteiger partial charge < -0.3 is 21.5 Å². The minimum Gasteiger partial charge on any atom is -0.481 e. The first-order valence-electron chi connectivity index (χ1n) is 8.05. The molecular formula is C17H21N5O3S. The van der Waals surface area contributed by atoms with Crippen LogP contribution in [-0.2, 0) is 9.59 Å². The number of thiazole rings is 1. The van der Waals surface area contributed by atoms with Crippen LogP contribution in [-0.4, -0.2) is 27.9 Å². The lowest BCUT2D eigenvalue weighted by molar-refractivity contribution is -0.137. The fraction of sp³-hybridized carbons (Fsp3) is 0.294. The predicted octanol–water partition coefficient (Wildman–Crippen LogP) is 3.01. The maximum Gasteiger partial charge on any atom is 0.303 e. The number of rotatable bonds is 8. The van der Waals surface area contributed by atoms with Gasteiger partial charge in [0.2, 0.25) is 5.91 Å². The maximum atomic E-state index is 12.0. The van der Waals surface area contributed by atoms with Crippen LogP contribution in [0.3, 0.4) is 0 Å². The first kappa shape index (κ1) is 19.4. The van der Waals surface area contributed by atoms with Gasteiger partial charge in [0.25, 0.3) is 0 Å². The van der Waals surface area contributed by atoms with Gasteiger partial charge in [0.1, 0.15) is 0 Å². The van der Waals surface area contributed by atoms with Crippen molar-refractivity contribution in [2.75, 3.05) is 10.6 Å². The molecule has 1 heterocycles. The third-order valence-corrected chi connectivity index (χ3v) is 4.61. The monoisotopic (exact) mass is 375 g/mol. The van der Waals surface area contributed by atoms with Gasteiger partial charge >= 0.3 is 5.97 Å². The minimum atomic E-state index is -0.850. The van der Waals surface area contributed by atoms with Crippen molar-refractivity contribution in [1.82, 2.24) is 4.98 Å². The minimum absolute atomic E-state index is 0.0735. The Morgan fingerprint density at radius 2 is 2.00 bits per heavy atom. The van der Waals surface area contributed by atoms with Gasteiger partial charge in [-0.05, 0) is 37.5 Å². The SMILES string of the molecule is Cc1nc(NC(=N)N)sc1-c1cccc(NC(=O)CCCCC(=O)O)c1. The number of guanidine groups is 1. The average molecular weight is 375 g/mol. The molecule has 0 unspecified atom stereocenters. The number of nitrogens with two attached hydrogens (primary N) is 1. The second-order valence-electron chi connectivity index (χ2n) is 5.70. The second kappa shape index (κ2) is 8.95. The van der Waals surface area contributed by atoms with Gasteiger partial charge in [-0.25, -0.2) is 4.98 Å². The maximum absolute atomic E-state index is 12.0. The van der Waals surface area contributed by atoms with E-state index in [4.69, 9.17) is 16.2 Å². The molecule has 0 fully saturated rings. The molecule has 26 heavy (non-hydrogen) atoms. The van der Waals surface area contributed by atoms with Crippen LogP contribution in [0, 0.1) is 12.3 Å². The highest BCUT2D eigenvalue weighted by molar-refractivity contribution is 7.19. The van der Waals surface area contributed by atoms with Crippen LogP contribution in [0.4, 0.5) is 10.8 Å². The number of amides is 1. The van der Waals surface area contributed by atoms with Crippen molar-refractivity contribution in [1.29, 1.82) is 5.41 Å². The molecule has 6 N–H and O–H groups in total. The van der Waals surface area contributed by atoms with E-state index in [0.717, 1.165) is 16.1 Å². The van der Waals surface area contributed by atoms with Crippen molar-refractivity contribution >= 4 is 40.0 Å². The Morgan fingerprint density at radius 3 is 2.69 bits per heavy atom. The van der Waals surface area contributed by atoms with E-state index in [1.165, 1.54) is 11.3 Å². The number of carboxylic acids is 1. The first-order valence-corrected chi connectivity index (χ1v) is 8.87. The molecule has 2 aromatic rings. The van der Waals surface area contributed by atoms with Crippen LogP contribution in [0.5, 0.6) is 0 Å². The zero-order chi connectivity index (χ0) is 19.1. The molecule has 0 atom stereocenters. The lowest BCUT2D eigenvalue weighted by Crippen LogP contribution is -2.20. The third-order valence-electron chi connectivity index (χ3n) is 3.49. The van der Waals surface area contributed by atoms with Gasteiger partial charge in [-0.2, -0.15) is 0 Å². The molecule has 0 radical (unpaired) electrons. The number of carbonyl (C=O) groups is 2. The standard InChI is InChI=1S/C17H21N5O3S/c1-10-15(26-17(20-10)22-16(18)19)11-5-4-6-12(9-11)21-13(23)7-2-3-8-14(24)25/h4-6,9H,2-3,7-8H2,1H3,(H,21,23)(H,24,25)(H4,18,19,20,22). The van der Waals surface area contributed by atoms with Gasteiger partial charge in [-0.15, -0.1) is 0 Å². The second-order valence-corrected chi connectivity index (χ2v) is 6.70. The van der Waals surface area contributed by atoms with Crippen molar-refractivity contribution in [3.63, 3.8) is 0 Å². The fourth-order valence-electron chi connectivity index (χ4n) is 2.36. The number of anilines is 2. The van der Waals surface area contributed by atoms with E-state index in [1.54, 1.807) is 6.07 Å². The molecule has 1 aromatic heterocycles. The Hall–Kier alpha value is -2.94. The predicted molar refractivity (Wildman–Crippen MR) is 103 cm³/mol. The highest BCUT2D eigenvalue weighted by Crippen LogP contribution is 2.33. The van der Waals surface area contributed by atoms with E-state index in [2.05, 4.69) is 15.6 Å². The van der Waals surface area contributed by atoms with E-state index in [9.17, 15) is 9.59 Å². The van der Waals surface area contributed by atoms with Crippen molar-refractivity contribution in [3.8, 4) is 10.4 Å². The summed E-state index contributed by atoms with van der Waals surface area (Å²) in [6.07, 6.45) is 1.37. The molecule has 138 valence electrons. The van der Waals surface area contributed by atoms with Crippen molar-refractivity contribution < 1.29 is 14.7 Å². The summed E-state index contributed by atoms with van der Waals surface area (Å²) >= 11 is 1.38. The Bertz CT molecular complexity index is 818. The summed E-state index contributed by atoms with van der Waals surface area (Å²) in [4.78, 5) is 27.7. The lowest BCUT2D eigenvalue weighted by atomic mass is 10.1. The summed E-state index contributed by atoms with van der Waals surface area (Å²) in [6.45, 7) is 1.87. The van der Waals surface area contributed by atoms with Gasteiger partial charge in [0.15, 0.2) is 11.1 Å². The van der Waals surface area contributed by atoms with E-state index in [1.807, 2.05) is 25.1 Å². The molecule has 0 aliphatic rings. The quantitative estimate of drug-likeness (QED) is 0.273. The van der Waals surface area contributed by atoms with Crippen molar-refractivity contribution in [3.05, 3.63) is 30.0 Å². The molecule has 1 amide bonds. The molecule has 0 saturated heterocycles. The summed E-state index contributed by atoms with van der Waals surface area (Å²) in [7, 11) is 0. The number of carbonyl (C=O) groups excluding carboxylic acids is 1. The van der Waals surface area contributed by atoms with Crippen LogP contribution in [0.2, 0.25) is 0 Å². The summed E-state index contributed by atoms with van der Waals surface area (Å²) < 4.78 is 0. The number of hydrogen-bond donors (Lipinski definition) is 5. The van der Waals surface area contributed by atoms with Gasteiger partial charge in [-0.3, -0.25) is 15.0 Å². The molecule has 0 bridgehead atoms. The highest BCUT2D eigenvalue weighted by Gasteiger charge is 2.11. The van der Waals surface area contributed by atoms with Gasteiger partial charge in [-0.1, -0.05) is 23.5 Å². The lowest BCUT2D eigenvalue weighted by Gasteiger charge is -2.07. The molecule has 0 saturated carbocycles. The topological polar surface area (TPSA) is 141 Å². The Morgan fingerprint density at radius 1 is 1.27 bits per heavy atom. The molecule has 0 aliphatic carbocycles. The highest BCUT2D eigenvalue weighted by atomic mass is 32.1. The number of aryl methyl sites for hydroxylation is 1. The number of nitrogens with one attached hydrogen (secondary N) is 3. The average Bonchev–Trinajstić information content (AvgIpc) is 2.91. The van der Waals surface area contributed by atoms with Crippen LogP contribution in [0.25, 0.3) is 10.4 Å². The van der Waals surface area contributed by atoms with E-state index in [0.29, 0.717) is 23.7 Å². The fourth-order valence-corrected chi connectivity index (χ4v) is 3.33. The molecule has 2 rings (SSSR count). The van der Waals surface area contributed by atoms with Crippen LogP contribution in [0.15, 0.2) is 24.3 Å². The van der Waals surface area contributed by atoms with Crippen LogP contribution in [0.1, 0.15) is 31.4 Å². The van der Waals surface area contributed by atoms with Crippen LogP contribution >= 0.6 is 11.3 Å². The largest absolute Gasteiger partial charge is 0.481 e. The summed E-state index contributed by atoms with van der Waals surface area (Å²) in [6, 6.07) is 7.41. The summed E-state index contributed by atoms with van der Waals surface area (Å²) in [5.41, 5.74) is 7.70. The molecule has 1 aromatic carbocycles. The third kappa shape index (κ3) is 5.85. The zero-order valence-corrected chi connectivity index (χ0v) is 15.2. The normalized spacial score (nSPS) is 10.3. The van der Waals surface area contributed by atoms with Crippen molar-refractivity contribution in [2.24, 2.45) is 5.73 Å². The Balaban J connectivity index is 2.01.